The van der Waals surface area contributed by atoms with E-state index in [1.54, 1.807) is 0 Å². The maximum Gasteiger partial charge on any atom is 0.0620 e. The summed E-state index contributed by atoms with van der Waals surface area (Å²) in [6, 6.07) is 1.34. The van der Waals surface area contributed by atoms with E-state index in [0.29, 0.717) is 6.04 Å². The Labute approximate surface area is 96.9 Å². The second kappa shape index (κ2) is 6.09. The van der Waals surface area contributed by atoms with Gasteiger partial charge in [-0.25, -0.2) is 0 Å². The Balaban J connectivity index is 1.67. The van der Waals surface area contributed by atoms with Crippen LogP contribution in [0.2, 0.25) is 0 Å². The molecule has 0 saturated carbocycles. The van der Waals surface area contributed by atoms with Crippen molar-refractivity contribution in [2.75, 3.05) is 44.4 Å². The van der Waals surface area contributed by atoms with Crippen LogP contribution in [-0.2, 0) is 4.74 Å². The van der Waals surface area contributed by atoms with Crippen molar-refractivity contribution in [3.63, 3.8) is 0 Å². The molecule has 0 aromatic rings. The van der Waals surface area contributed by atoms with Crippen molar-refractivity contribution in [3.8, 4) is 0 Å². The van der Waals surface area contributed by atoms with Crippen LogP contribution in [-0.4, -0.2) is 61.3 Å². The van der Waals surface area contributed by atoms with Gasteiger partial charge in [-0.15, -0.1) is 0 Å². The topological polar surface area (TPSA) is 24.5 Å². The van der Waals surface area contributed by atoms with E-state index in [4.69, 9.17) is 4.74 Å². The van der Waals surface area contributed by atoms with E-state index in [9.17, 15) is 0 Å². The number of morpholine rings is 1. The van der Waals surface area contributed by atoms with Crippen LogP contribution in [0.4, 0.5) is 0 Å². The molecule has 2 aliphatic heterocycles. The van der Waals surface area contributed by atoms with Gasteiger partial charge in [-0.05, 0) is 13.3 Å². The molecule has 0 amide bonds. The lowest BCUT2D eigenvalue weighted by Gasteiger charge is -2.34. The SMILES string of the molecule is CC1CSCCN1CCC1COCCN1. The maximum absolute atomic E-state index is 5.46. The van der Waals surface area contributed by atoms with Crippen molar-refractivity contribution in [2.24, 2.45) is 0 Å². The number of ether oxygens (including phenoxy) is 1. The number of thioether (sulfide) groups is 1. The van der Waals surface area contributed by atoms with Crippen LogP contribution in [0, 0.1) is 0 Å². The van der Waals surface area contributed by atoms with E-state index in [1.165, 1.54) is 31.0 Å². The standard InChI is InChI=1S/C11H22N2OS/c1-10-9-15-7-5-13(10)4-2-11-8-14-6-3-12-11/h10-12H,2-9H2,1H3. The van der Waals surface area contributed by atoms with E-state index < -0.39 is 0 Å². The van der Waals surface area contributed by atoms with Gasteiger partial charge in [0.2, 0.25) is 0 Å². The van der Waals surface area contributed by atoms with E-state index in [-0.39, 0.29) is 0 Å². The Morgan fingerprint density at radius 3 is 3.20 bits per heavy atom. The minimum Gasteiger partial charge on any atom is -0.379 e. The lowest BCUT2D eigenvalue weighted by Crippen LogP contribution is -2.46. The summed E-state index contributed by atoms with van der Waals surface area (Å²) >= 11 is 2.09. The molecule has 2 rings (SSSR count). The number of nitrogens with one attached hydrogen (secondary N) is 1. The van der Waals surface area contributed by atoms with Gasteiger partial charge in [0, 0.05) is 43.2 Å². The molecule has 15 heavy (non-hydrogen) atoms. The third kappa shape index (κ3) is 3.63. The van der Waals surface area contributed by atoms with Crippen molar-refractivity contribution >= 4 is 11.8 Å². The van der Waals surface area contributed by atoms with Crippen LogP contribution >= 0.6 is 11.8 Å². The molecule has 4 heteroatoms. The Morgan fingerprint density at radius 1 is 1.53 bits per heavy atom. The molecule has 0 aromatic heterocycles. The minimum atomic E-state index is 0.584. The molecule has 2 heterocycles. The molecular formula is C11H22N2OS. The van der Waals surface area contributed by atoms with Crippen molar-refractivity contribution in [3.05, 3.63) is 0 Å². The van der Waals surface area contributed by atoms with Crippen LogP contribution in [0.3, 0.4) is 0 Å². The smallest absolute Gasteiger partial charge is 0.0620 e. The summed E-state index contributed by atoms with van der Waals surface area (Å²) in [5.74, 6) is 2.60. The molecule has 0 spiro atoms. The summed E-state index contributed by atoms with van der Waals surface area (Å²) in [6.07, 6.45) is 1.23. The number of nitrogens with zero attached hydrogens (tertiary/aromatic N) is 1. The fourth-order valence-corrected chi connectivity index (χ4v) is 3.30. The summed E-state index contributed by atoms with van der Waals surface area (Å²) in [5.41, 5.74) is 0. The Bertz CT molecular complexity index is 185. The maximum atomic E-state index is 5.46. The first-order valence-corrected chi connectivity index (χ1v) is 7.14. The van der Waals surface area contributed by atoms with Gasteiger partial charge in [-0.2, -0.15) is 11.8 Å². The first-order valence-electron chi connectivity index (χ1n) is 5.99. The van der Waals surface area contributed by atoms with Gasteiger partial charge in [0.05, 0.1) is 13.2 Å². The normalized spacial score (nSPS) is 34.2. The summed E-state index contributed by atoms with van der Waals surface area (Å²) in [6.45, 7) is 7.64. The van der Waals surface area contributed by atoms with E-state index in [1.807, 2.05) is 0 Å². The lowest BCUT2D eigenvalue weighted by atomic mass is 10.1. The fourth-order valence-electron chi connectivity index (χ4n) is 2.22. The third-order valence-electron chi connectivity index (χ3n) is 3.27. The fraction of sp³-hybridized carbons (Fsp3) is 1.00. The molecule has 88 valence electrons. The van der Waals surface area contributed by atoms with E-state index in [2.05, 4.69) is 28.9 Å². The van der Waals surface area contributed by atoms with Crippen LogP contribution in [0.25, 0.3) is 0 Å². The van der Waals surface area contributed by atoms with Gasteiger partial charge in [-0.3, -0.25) is 4.90 Å². The zero-order chi connectivity index (χ0) is 10.5. The summed E-state index contributed by atoms with van der Waals surface area (Å²) in [7, 11) is 0. The summed E-state index contributed by atoms with van der Waals surface area (Å²) in [5, 5.41) is 3.52. The molecule has 1 N–H and O–H groups in total. The van der Waals surface area contributed by atoms with Crippen molar-refractivity contribution in [1.29, 1.82) is 0 Å². The van der Waals surface area contributed by atoms with Crippen molar-refractivity contribution < 1.29 is 4.74 Å². The summed E-state index contributed by atoms with van der Waals surface area (Å²) < 4.78 is 5.46. The molecule has 0 aliphatic carbocycles. The predicted molar refractivity (Wildman–Crippen MR) is 65.6 cm³/mol. The zero-order valence-electron chi connectivity index (χ0n) is 9.58. The molecule has 0 aromatic carbocycles. The Hall–Kier alpha value is 0.230. The zero-order valence-corrected chi connectivity index (χ0v) is 10.4. The van der Waals surface area contributed by atoms with Gasteiger partial charge in [0.25, 0.3) is 0 Å². The molecule has 2 aliphatic rings. The second-order valence-corrected chi connectivity index (χ2v) is 5.62. The molecule has 3 nitrogen and oxygen atoms in total. The molecular weight excluding hydrogens is 208 g/mol. The van der Waals surface area contributed by atoms with Crippen LogP contribution in [0.15, 0.2) is 0 Å². The molecule has 2 fully saturated rings. The quantitative estimate of drug-likeness (QED) is 0.775. The highest BCUT2D eigenvalue weighted by Crippen LogP contribution is 2.16. The van der Waals surface area contributed by atoms with Gasteiger partial charge in [0.1, 0.15) is 0 Å². The predicted octanol–water partition coefficient (Wildman–Crippen LogP) is 0.802. The number of hydrogen-bond acceptors (Lipinski definition) is 4. The van der Waals surface area contributed by atoms with Gasteiger partial charge in [-0.1, -0.05) is 0 Å². The minimum absolute atomic E-state index is 0.584. The molecule has 0 radical (unpaired) electrons. The van der Waals surface area contributed by atoms with Gasteiger partial charge >= 0.3 is 0 Å². The number of hydrogen-bond donors (Lipinski definition) is 1. The molecule has 0 bridgehead atoms. The van der Waals surface area contributed by atoms with Gasteiger partial charge in [0.15, 0.2) is 0 Å². The third-order valence-corrected chi connectivity index (χ3v) is 4.46. The highest BCUT2D eigenvalue weighted by molar-refractivity contribution is 7.99. The Morgan fingerprint density at radius 2 is 2.47 bits per heavy atom. The molecule has 2 unspecified atom stereocenters. The van der Waals surface area contributed by atoms with Crippen LogP contribution in [0.1, 0.15) is 13.3 Å². The molecule has 2 saturated heterocycles. The summed E-state index contributed by atoms with van der Waals surface area (Å²) in [4.78, 5) is 2.62. The van der Waals surface area contributed by atoms with E-state index in [0.717, 1.165) is 25.8 Å². The van der Waals surface area contributed by atoms with Crippen molar-refractivity contribution in [1.82, 2.24) is 10.2 Å². The lowest BCUT2D eigenvalue weighted by molar-refractivity contribution is 0.0685. The highest BCUT2D eigenvalue weighted by Gasteiger charge is 2.20. The number of rotatable bonds is 3. The average molecular weight is 230 g/mol. The second-order valence-electron chi connectivity index (χ2n) is 4.47. The first-order chi connectivity index (χ1) is 7.36. The monoisotopic (exact) mass is 230 g/mol. The largest absolute Gasteiger partial charge is 0.379 e. The van der Waals surface area contributed by atoms with Crippen LogP contribution in [0.5, 0.6) is 0 Å². The van der Waals surface area contributed by atoms with Crippen LogP contribution < -0.4 is 5.32 Å². The highest BCUT2D eigenvalue weighted by atomic mass is 32.2. The van der Waals surface area contributed by atoms with Gasteiger partial charge < -0.3 is 10.1 Å². The molecule has 2 atom stereocenters. The first kappa shape index (κ1) is 11.7. The Kier molecular flexibility index (Phi) is 4.75. The van der Waals surface area contributed by atoms with Crippen molar-refractivity contribution in [2.45, 2.75) is 25.4 Å². The average Bonchev–Trinajstić information content (AvgIpc) is 2.29. The van der Waals surface area contributed by atoms with E-state index >= 15 is 0 Å².